The van der Waals surface area contributed by atoms with E-state index >= 15 is 0 Å². The fourth-order valence-corrected chi connectivity index (χ4v) is 3.75. The molecule has 1 heterocycles. The van der Waals surface area contributed by atoms with Gasteiger partial charge in [0.2, 0.25) is 5.91 Å². The Morgan fingerprint density at radius 3 is 2.66 bits per heavy atom. The maximum Gasteiger partial charge on any atom is 0.220 e. The minimum Gasteiger partial charge on any atom is -0.497 e. The quantitative estimate of drug-likeness (QED) is 0.624. The highest BCUT2D eigenvalue weighted by atomic mass is 16.5. The lowest BCUT2D eigenvalue weighted by Gasteiger charge is -2.35. The minimum absolute atomic E-state index is 0.124. The zero-order chi connectivity index (χ0) is 20.3. The molecule has 1 unspecified atom stereocenters. The summed E-state index contributed by atoms with van der Waals surface area (Å²) in [6, 6.07) is 18.7. The van der Waals surface area contributed by atoms with Crippen LogP contribution in [0.25, 0.3) is 0 Å². The lowest BCUT2D eigenvalue weighted by atomic mass is 10.0. The Hall–Kier alpha value is -2.37. The molecule has 0 spiro atoms. The van der Waals surface area contributed by atoms with E-state index in [0.717, 1.165) is 56.9 Å². The standard InChI is InChI=1S/C24H32N2O3/c1-28-22-12-7-11-21(18-22)23(26-14-16-29-17-15-26)19-25-24(27)13-6-5-10-20-8-3-2-4-9-20/h2-4,7-9,11-12,18,23H,5-6,10,13-17,19H2,1H3,(H,25,27). The summed E-state index contributed by atoms with van der Waals surface area (Å²) < 4.78 is 10.9. The van der Waals surface area contributed by atoms with Crippen LogP contribution in [0.1, 0.15) is 36.4 Å². The van der Waals surface area contributed by atoms with Crippen molar-refractivity contribution in [1.29, 1.82) is 0 Å². The third-order valence-corrected chi connectivity index (χ3v) is 5.42. The topological polar surface area (TPSA) is 50.8 Å². The molecule has 1 aliphatic rings. The largest absolute Gasteiger partial charge is 0.497 e. The van der Waals surface area contributed by atoms with Crippen molar-refractivity contribution in [2.45, 2.75) is 31.7 Å². The number of ether oxygens (including phenoxy) is 2. The smallest absolute Gasteiger partial charge is 0.220 e. The Bertz CT molecular complexity index is 745. The molecule has 0 saturated carbocycles. The summed E-state index contributed by atoms with van der Waals surface area (Å²) in [4.78, 5) is 14.8. The molecule has 0 bridgehead atoms. The summed E-state index contributed by atoms with van der Waals surface area (Å²) >= 11 is 0. The number of hydrogen-bond donors (Lipinski definition) is 1. The molecule has 0 aromatic heterocycles. The lowest BCUT2D eigenvalue weighted by molar-refractivity contribution is -0.121. The van der Waals surface area contributed by atoms with E-state index in [4.69, 9.17) is 9.47 Å². The molecule has 156 valence electrons. The van der Waals surface area contributed by atoms with Crippen molar-refractivity contribution in [2.75, 3.05) is 40.0 Å². The summed E-state index contributed by atoms with van der Waals surface area (Å²) in [5.74, 6) is 0.965. The number of carbonyl (C=O) groups is 1. The third-order valence-electron chi connectivity index (χ3n) is 5.42. The second-order valence-corrected chi connectivity index (χ2v) is 7.44. The van der Waals surface area contributed by atoms with Crippen molar-refractivity contribution >= 4 is 5.91 Å². The first-order chi connectivity index (χ1) is 14.3. The van der Waals surface area contributed by atoms with Crippen molar-refractivity contribution in [3.05, 3.63) is 65.7 Å². The molecule has 2 aromatic rings. The molecule has 1 fully saturated rings. The Kier molecular flexibility index (Phi) is 8.53. The van der Waals surface area contributed by atoms with Crippen LogP contribution in [0.15, 0.2) is 54.6 Å². The van der Waals surface area contributed by atoms with Gasteiger partial charge in [0.15, 0.2) is 0 Å². The van der Waals surface area contributed by atoms with E-state index in [2.05, 4.69) is 46.6 Å². The Balaban J connectivity index is 1.50. The summed E-state index contributed by atoms with van der Waals surface area (Å²) in [5, 5.41) is 3.15. The van der Waals surface area contributed by atoms with Gasteiger partial charge in [0.05, 0.1) is 26.4 Å². The Morgan fingerprint density at radius 1 is 1.10 bits per heavy atom. The number of aryl methyl sites for hydroxylation is 1. The van der Waals surface area contributed by atoms with Crippen molar-refractivity contribution in [3.8, 4) is 5.75 Å². The van der Waals surface area contributed by atoms with Gasteiger partial charge in [0, 0.05) is 26.1 Å². The third kappa shape index (κ3) is 6.87. The average Bonchev–Trinajstić information content (AvgIpc) is 2.78. The number of hydrogen-bond acceptors (Lipinski definition) is 4. The van der Waals surface area contributed by atoms with E-state index in [1.165, 1.54) is 5.56 Å². The first kappa shape index (κ1) is 21.3. The molecule has 1 aliphatic heterocycles. The van der Waals surface area contributed by atoms with Gasteiger partial charge in [-0.3, -0.25) is 9.69 Å². The molecular weight excluding hydrogens is 364 g/mol. The van der Waals surface area contributed by atoms with Crippen LogP contribution in [0.4, 0.5) is 0 Å². The van der Waals surface area contributed by atoms with Crippen LogP contribution in [-0.4, -0.2) is 50.8 Å². The number of nitrogens with zero attached hydrogens (tertiary/aromatic N) is 1. The molecule has 5 nitrogen and oxygen atoms in total. The van der Waals surface area contributed by atoms with Crippen molar-refractivity contribution in [3.63, 3.8) is 0 Å². The fraction of sp³-hybridized carbons (Fsp3) is 0.458. The molecule has 5 heteroatoms. The van der Waals surface area contributed by atoms with E-state index < -0.39 is 0 Å². The van der Waals surface area contributed by atoms with Crippen molar-refractivity contribution in [1.82, 2.24) is 10.2 Å². The number of benzene rings is 2. The molecule has 0 aliphatic carbocycles. The predicted octanol–water partition coefficient (Wildman–Crippen LogP) is 3.60. The molecule has 1 atom stereocenters. The molecule has 1 saturated heterocycles. The number of amides is 1. The zero-order valence-corrected chi connectivity index (χ0v) is 17.3. The monoisotopic (exact) mass is 396 g/mol. The van der Waals surface area contributed by atoms with Gasteiger partial charge in [-0.05, 0) is 42.5 Å². The SMILES string of the molecule is COc1cccc(C(CNC(=O)CCCCc2ccccc2)N2CCOCC2)c1. The molecule has 1 N–H and O–H groups in total. The van der Waals surface area contributed by atoms with Crippen molar-refractivity contribution in [2.24, 2.45) is 0 Å². The van der Waals surface area contributed by atoms with E-state index in [1.807, 2.05) is 18.2 Å². The second-order valence-electron chi connectivity index (χ2n) is 7.44. The van der Waals surface area contributed by atoms with Crippen LogP contribution < -0.4 is 10.1 Å². The first-order valence-electron chi connectivity index (χ1n) is 10.5. The zero-order valence-electron chi connectivity index (χ0n) is 17.3. The molecule has 3 rings (SSSR count). The van der Waals surface area contributed by atoms with Crippen LogP contribution in [-0.2, 0) is 16.0 Å². The molecular formula is C24H32N2O3. The Morgan fingerprint density at radius 2 is 1.90 bits per heavy atom. The summed E-state index contributed by atoms with van der Waals surface area (Å²) in [7, 11) is 1.68. The lowest BCUT2D eigenvalue weighted by Crippen LogP contribution is -2.43. The van der Waals surface area contributed by atoms with Crippen LogP contribution >= 0.6 is 0 Å². The number of methoxy groups -OCH3 is 1. The molecule has 1 amide bonds. The van der Waals surface area contributed by atoms with Gasteiger partial charge in [-0.25, -0.2) is 0 Å². The number of carbonyl (C=O) groups excluding carboxylic acids is 1. The molecule has 0 radical (unpaired) electrons. The summed E-state index contributed by atoms with van der Waals surface area (Å²) in [6.07, 6.45) is 3.53. The summed E-state index contributed by atoms with van der Waals surface area (Å²) in [6.45, 7) is 3.80. The first-order valence-corrected chi connectivity index (χ1v) is 10.5. The van der Waals surface area contributed by atoms with E-state index in [1.54, 1.807) is 7.11 Å². The molecule has 2 aromatic carbocycles. The fourth-order valence-electron chi connectivity index (χ4n) is 3.75. The van der Waals surface area contributed by atoms with Crippen LogP contribution in [0, 0.1) is 0 Å². The Labute approximate surface area is 174 Å². The molecule has 29 heavy (non-hydrogen) atoms. The van der Waals surface area contributed by atoms with Crippen LogP contribution in [0.2, 0.25) is 0 Å². The number of unbranched alkanes of at least 4 members (excludes halogenated alkanes) is 1. The number of rotatable bonds is 10. The maximum absolute atomic E-state index is 12.4. The normalized spacial score (nSPS) is 15.6. The average molecular weight is 397 g/mol. The highest BCUT2D eigenvalue weighted by Crippen LogP contribution is 2.24. The van der Waals surface area contributed by atoms with Gasteiger partial charge in [0.25, 0.3) is 0 Å². The van der Waals surface area contributed by atoms with E-state index in [-0.39, 0.29) is 11.9 Å². The highest BCUT2D eigenvalue weighted by Gasteiger charge is 2.23. The van der Waals surface area contributed by atoms with Gasteiger partial charge in [-0.1, -0.05) is 42.5 Å². The van der Waals surface area contributed by atoms with E-state index in [0.29, 0.717) is 13.0 Å². The minimum atomic E-state index is 0.124. The summed E-state index contributed by atoms with van der Waals surface area (Å²) in [5.41, 5.74) is 2.49. The van der Waals surface area contributed by atoms with Gasteiger partial charge < -0.3 is 14.8 Å². The van der Waals surface area contributed by atoms with Crippen LogP contribution in [0.3, 0.4) is 0 Å². The van der Waals surface area contributed by atoms with E-state index in [9.17, 15) is 4.79 Å². The van der Waals surface area contributed by atoms with Crippen LogP contribution in [0.5, 0.6) is 5.75 Å². The maximum atomic E-state index is 12.4. The predicted molar refractivity (Wildman–Crippen MR) is 115 cm³/mol. The van der Waals surface area contributed by atoms with Gasteiger partial charge >= 0.3 is 0 Å². The number of nitrogens with one attached hydrogen (secondary N) is 1. The highest BCUT2D eigenvalue weighted by molar-refractivity contribution is 5.75. The van der Waals surface area contributed by atoms with Gasteiger partial charge in [-0.2, -0.15) is 0 Å². The van der Waals surface area contributed by atoms with Crippen molar-refractivity contribution < 1.29 is 14.3 Å². The van der Waals surface area contributed by atoms with Gasteiger partial charge in [0.1, 0.15) is 5.75 Å². The van der Waals surface area contributed by atoms with Gasteiger partial charge in [-0.15, -0.1) is 0 Å². The second kappa shape index (κ2) is 11.6. The number of morpholine rings is 1.